The van der Waals surface area contributed by atoms with Crippen molar-refractivity contribution in [1.82, 2.24) is 5.32 Å². The smallest absolute Gasteiger partial charge is 0.115 e. The van der Waals surface area contributed by atoms with Crippen LogP contribution in [0.1, 0.15) is 50.7 Å². The van der Waals surface area contributed by atoms with Crippen LogP contribution < -0.4 is 11.1 Å². The molecule has 0 aromatic heterocycles. The van der Waals surface area contributed by atoms with Crippen molar-refractivity contribution in [3.8, 4) is 5.75 Å². The van der Waals surface area contributed by atoms with Crippen LogP contribution in [0.25, 0.3) is 0 Å². The summed E-state index contributed by atoms with van der Waals surface area (Å²) in [6.07, 6.45) is 4.84. The Bertz CT molecular complexity index is 638. The maximum atomic E-state index is 8.63. The highest BCUT2D eigenvalue weighted by atomic mass is 16.3. The predicted molar refractivity (Wildman–Crippen MR) is 119 cm³/mol. The minimum absolute atomic E-state index is 0.257. The van der Waals surface area contributed by atoms with Gasteiger partial charge in [0.05, 0.1) is 0 Å². The summed E-state index contributed by atoms with van der Waals surface area (Å²) in [5.74, 6) is 0.579. The number of hydrogen-bond acceptors (Lipinski definition) is 3. The predicted octanol–water partition coefficient (Wildman–Crippen LogP) is 5.74. The zero-order valence-electron chi connectivity index (χ0n) is 17.1. The number of benzene rings is 2. The third-order valence-corrected chi connectivity index (χ3v) is 3.97. The number of aryl methyl sites for hydroxylation is 1. The Labute approximate surface area is 165 Å². The molecule has 4 N–H and O–H groups in total. The van der Waals surface area contributed by atoms with Crippen molar-refractivity contribution in [2.45, 2.75) is 46.0 Å². The molecule has 3 heteroatoms. The molecule has 27 heavy (non-hydrogen) atoms. The molecule has 0 heterocycles. The molecule has 0 bridgehead atoms. The van der Waals surface area contributed by atoms with Gasteiger partial charge in [0.25, 0.3) is 0 Å². The SMILES string of the molecule is C=CNCCCC(C(=C)N)c1ccccc1CC.CC.Oc1ccccc1. The fraction of sp³-hybridized carbons (Fsp3) is 0.333. The van der Waals surface area contributed by atoms with Crippen molar-refractivity contribution in [3.63, 3.8) is 0 Å². The lowest BCUT2D eigenvalue weighted by Crippen LogP contribution is -2.14. The molecule has 0 saturated heterocycles. The van der Waals surface area contributed by atoms with Crippen LogP contribution >= 0.6 is 0 Å². The lowest BCUT2D eigenvalue weighted by atomic mass is 9.87. The molecule has 2 aromatic carbocycles. The first-order chi connectivity index (χ1) is 13.1. The Hall–Kier alpha value is -2.68. The van der Waals surface area contributed by atoms with E-state index >= 15 is 0 Å². The van der Waals surface area contributed by atoms with Gasteiger partial charge in [-0.15, -0.1) is 0 Å². The molecule has 1 unspecified atom stereocenters. The second-order valence-electron chi connectivity index (χ2n) is 5.82. The van der Waals surface area contributed by atoms with Gasteiger partial charge in [-0.2, -0.15) is 0 Å². The standard InChI is InChI=1S/C16H24N2.C6H6O.C2H6/c1-4-14-9-6-7-10-16(14)15(13(3)17)11-8-12-18-5-2;7-6-4-2-1-3-5-6;1-2/h5-7,9-10,15,18H,2-4,8,11-12,17H2,1H3;1-5,7H;1-2H3. The average Bonchev–Trinajstić information content (AvgIpc) is 2.70. The van der Waals surface area contributed by atoms with Gasteiger partial charge >= 0.3 is 0 Å². The fourth-order valence-electron chi connectivity index (χ4n) is 2.68. The van der Waals surface area contributed by atoms with Gasteiger partial charge in [0, 0.05) is 18.2 Å². The Morgan fingerprint density at radius 2 is 1.70 bits per heavy atom. The number of rotatable bonds is 8. The van der Waals surface area contributed by atoms with E-state index in [4.69, 9.17) is 10.8 Å². The second kappa shape index (κ2) is 15.6. The number of allylic oxidation sites excluding steroid dienone is 1. The van der Waals surface area contributed by atoms with E-state index in [1.165, 1.54) is 11.1 Å². The van der Waals surface area contributed by atoms with E-state index in [1.54, 1.807) is 30.5 Å². The molecule has 3 nitrogen and oxygen atoms in total. The maximum Gasteiger partial charge on any atom is 0.115 e. The number of para-hydroxylation sites is 1. The van der Waals surface area contributed by atoms with E-state index < -0.39 is 0 Å². The minimum atomic E-state index is 0.257. The lowest BCUT2D eigenvalue weighted by molar-refractivity contribution is 0.475. The molecule has 0 saturated carbocycles. The highest BCUT2D eigenvalue weighted by Gasteiger charge is 2.15. The lowest BCUT2D eigenvalue weighted by Gasteiger charge is -2.20. The summed E-state index contributed by atoms with van der Waals surface area (Å²) in [7, 11) is 0. The number of hydrogen-bond donors (Lipinski definition) is 3. The third-order valence-electron chi connectivity index (χ3n) is 3.97. The third kappa shape index (κ3) is 10.1. The molecule has 0 fully saturated rings. The molecule has 2 aromatic rings. The Morgan fingerprint density at radius 3 is 2.19 bits per heavy atom. The van der Waals surface area contributed by atoms with Gasteiger partial charge in [-0.25, -0.2) is 0 Å². The normalized spacial score (nSPS) is 10.3. The van der Waals surface area contributed by atoms with Crippen molar-refractivity contribution in [3.05, 3.63) is 90.8 Å². The zero-order chi connectivity index (χ0) is 20.5. The molecule has 0 aliphatic rings. The number of phenolic OH excluding ortho intramolecular Hbond substituents is 1. The summed E-state index contributed by atoms with van der Waals surface area (Å²) in [6, 6.07) is 17.2. The van der Waals surface area contributed by atoms with Crippen molar-refractivity contribution in [2.24, 2.45) is 5.73 Å². The van der Waals surface area contributed by atoms with E-state index in [0.717, 1.165) is 31.5 Å². The summed E-state index contributed by atoms with van der Waals surface area (Å²) in [5, 5.41) is 11.7. The summed E-state index contributed by atoms with van der Waals surface area (Å²) in [5.41, 5.74) is 9.42. The van der Waals surface area contributed by atoms with Crippen molar-refractivity contribution < 1.29 is 5.11 Å². The quantitative estimate of drug-likeness (QED) is 0.521. The molecule has 1 atom stereocenters. The van der Waals surface area contributed by atoms with Gasteiger partial charge < -0.3 is 16.2 Å². The molecular formula is C24H36N2O. The monoisotopic (exact) mass is 368 g/mol. The van der Waals surface area contributed by atoms with Crippen molar-refractivity contribution >= 4 is 0 Å². The second-order valence-corrected chi connectivity index (χ2v) is 5.82. The van der Waals surface area contributed by atoms with E-state index in [-0.39, 0.29) is 5.92 Å². The average molecular weight is 369 g/mol. The first-order valence-corrected chi connectivity index (χ1v) is 9.70. The van der Waals surface area contributed by atoms with E-state index in [9.17, 15) is 0 Å². The number of nitrogens with one attached hydrogen (secondary N) is 1. The van der Waals surface area contributed by atoms with E-state index in [0.29, 0.717) is 5.75 Å². The van der Waals surface area contributed by atoms with Gasteiger partial charge in [0.1, 0.15) is 5.75 Å². The molecule has 0 amide bonds. The van der Waals surface area contributed by atoms with Gasteiger partial charge in [-0.1, -0.05) is 76.4 Å². The first kappa shape index (κ1) is 24.3. The summed E-state index contributed by atoms with van der Waals surface area (Å²) in [4.78, 5) is 0. The van der Waals surface area contributed by atoms with Crippen molar-refractivity contribution in [1.29, 1.82) is 0 Å². The molecule has 148 valence electrons. The number of phenols is 1. The highest BCUT2D eigenvalue weighted by molar-refractivity contribution is 5.34. The van der Waals surface area contributed by atoms with Gasteiger partial charge in [-0.3, -0.25) is 0 Å². The summed E-state index contributed by atoms with van der Waals surface area (Å²) < 4.78 is 0. The largest absolute Gasteiger partial charge is 0.508 e. The zero-order valence-corrected chi connectivity index (χ0v) is 17.1. The fourth-order valence-corrected chi connectivity index (χ4v) is 2.68. The molecule has 2 rings (SSSR count). The van der Waals surface area contributed by atoms with Crippen LogP contribution in [0.3, 0.4) is 0 Å². The Kier molecular flexibility index (Phi) is 14.0. The Morgan fingerprint density at radius 1 is 1.11 bits per heavy atom. The highest BCUT2D eigenvalue weighted by Crippen LogP contribution is 2.28. The van der Waals surface area contributed by atoms with Crippen LogP contribution in [-0.2, 0) is 6.42 Å². The molecule has 0 aliphatic carbocycles. The Balaban J connectivity index is 0.000000621. The van der Waals surface area contributed by atoms with Crippen LogP contribution in [0.2, 0.25) is 0 Å². The first-order valence-electron chi connectivity index (χ1n) is 9.70. The van der Waals surface area contributed by atoms with Crippen LogP contribution in [-0.4, -0.2) is 11.7 Å². The molecular weight excluding hydrogens is 332 g/mol. The van der Waals surface area contributed by atoms with Gasteiger partial charge in [0.15, 0.2) is 0 Å². The van der Waals surface area contributed by atoms with Gasteiger partial charge in [-0.05, 0) is 48.7 Å². The van der Waals surface area contributed by atoms with E-state index in [2.05, 4.69) is 49.7 Å². The van der Waals surface area contributed by atoms with Crippen LogP contribution in [0.5, 0.6) is 5.75 Å². The van der Waals surface area contributed by atoms with Gasteiger partial charge in [0.2, 0.25) is 0 Å². The van der Waals surface area contributed by atoms with Crippen LogP contribution in [0.4, 0.5) is 0 Å². The van der Waals surface area contributed by atoms with Crippen molar-refractivity contribution in [2.75, 3.05) is 6.54 Å². The number of nitrogens with two attached hydrogens (primary N) is 1. The molecule has 0 aliphatic heterocycles. The summed E-state index contributed by atoms with van der Waals surface area (Å²) in [6.45, 7) is 14.7. The van der Waals surface area contributed by atoms with Crippen LogP contribution in [0.15, 0.2) is 79.7 Å². The molecule has 0 radical (unpaired) electrons. The summed E-state index contributed by atoms with van der Waals surface area (Å²) >= 11 is 0. The maximum absolute atomic E-state index is 8.63. The van der Waals surface area contributed by atoms with Crippen LogP contribution in [0, 0.1) is 0 Å². The number of aromatic hydroxyl groups is 1. The van der Waals surface area contributed by atoms with E-state index in [1.807, 2.05) is 19.9 Å². The molecule has 0 spiro atoms. The topological polar surface area (TPSA) is 58.3 Å². The minimum Gasteiger partial charge on any atom is -0.508 e.